The van der Waals surface area contributed by atoms with Crippen LogP contribution in [0.15, 0.2) is 17.0 Å². The number of esters is 1. The van der Waals surface area contributed by atoms with Crippen molar-refractivity contribution in [3.63, 3.8) is 0 Å². The highest BCUT2D eigenvalue weighted by atomic mass is 35.5. The molecule has 0 saturated heterocycles. The number of amides is 2. The molecule has 1 aromatic carbocycles. The van der Waals surface area contributed by atoms with Gasteiger partial charge in [-0.3, -0.25) is 9.35 Å². The van der Waals surface area contributed by atoms with E-state index in [0.29, 0.717) is 5.56 Å². The quantitative estimate of drug-likeness (QED) is 0.439. The average molecular weight is 366 g/mol. The summed E-state index contributed by atoms with van der Waals surface area (Å²) in [5.41, 5.74) is 5.93. The Morgan fingerprint density at radius 3 is 2.57 bits per heavy atom. The molecule has 1 unspecified atom stereocenters. The lowest BCUT2D eigenvalue weighted by atomic mass is 10.2. The minimum absolute atomic E-state index is 0.0432. The van der Waals surface area contributed by atoms with Crippen LogP contribution in [0.5, 0.6) is 0 Å². The van der Waals surface area contributed by atoms with Crippen LogP contribution in [0.1, 0.15) is 5.56 Å². The first-order valence-electron chi connectivity index (χ1n) is 6.22. The third-order valence-corrected chi connectivity index (χ3v) is 4.07. The van der Waals surface area contributed by atoms with Gasteiger partial charge in [0.15, 0.2) is 0 Å². The van der Waals surface area contributed by atoms with Crippen molar-refractivity contribution in [1.29, 1.82) is 0 Å². The van der Waals surface area contributed by atoms with Gasteiger partial charge >= 0.3 is 12.0 Å². The normalized spacial score (nSPS) is 12.4. The van der Waals surface area contributed by atoms with Gasteiger partial charge in [0.05, 0.1) is 12.0 Å². The molecular formula is C12H16ClN3O6S. The number of urea groups is 1. The van der Waals surface area contributed by atoms with E-state index in [1.165, 1.54) is 0 Å². The topological polar surface area (TPSA) is 148 Å². The fourth-order valence-corrected chi connectivity index (χ4v) is 2.35. The van der Waals surface area contributed by atoms with Gasteiger partial charge in [-0.05, 0) is 24.6 Å². The van der Waals surface area contributed by atoms with Gasteiger partial charge in [0.2, 0.25) is 0 Å². The van der Waals surface area contributed by atoms with Gasteiger partial charge in [-0.25, -0.2) is 4.79 Å². The van der Waals surface area contributed by atoms with E-state index in [-0.39, 0.29) is 17.3 Å². The lowest BCUT2D eigenvalue weighted by Crippen LogP contribution is -2.44. The van der Waals surface area contributed by atoms with Gasteiger partial charge in [-0.15, -0.1) is 0 Å². The molecule has 0 aliphatic carbocycles. The molecule has 11 heteroatoms. The molecule has 0 fully saturated rings. The number of rotatable bonds is 5. The number of anilines is 1. The van der Waals surface area contributed by atoms with Crippen LogP contribution in [0.25, 0.3) is 0 Å². The number of halogens is 1. The molecule has 2 amide bonds. The number of benzene rings is 1. The smallest absolute Gasteiger partial charge is 0.324 e. The van der Waals surface area contributed by atoms with Crippen LogP contribution < -0.4 is 16.4 Å². The summed E-state index contributed by atoms with van der Waals surface area (Å²) in [5, 5.41) is 4.72. The Morgan fingerprint density at radius 2 is 2.04 bits per heavy atom. The fourth-order valence-electron chi connectivity index (χ4n) is 1.54. The number of nitrogens with two attached hydrogens (primary N) is 1. The number of ether oxygens (including phenoxy) is 1. The highest BCUT2D eigenvalue weighted by Gasteiger charge is 2.17. The van der Waals surface area contributed by atoms with Crippen molar-refractivity contribution in [3.8, 4) is 0 Å². The first kappa shape index (κ1) is 19.2. The van der Waals surface area contributed by atoms with E-state index >= 15 is 0 Å². The molecule has 0 radical (unpaired) electrons. The van der Waals surface area contributed by atoms with Crippen molar-refractivity contribution in [2.45, 2.75) is 17.9 Å². The lowest BCUT2D eigenvalue weighted by molar-refractivity contribution is -0.141. The molecule has 23 heavy (non-hydrogen) atoms. The molecule has 9 nitrogen and oxygen atoms in total. The Morgan fingerprint density at radius 1 is 1.43 bits per heavy atom. The molecular weight excluding hydrogens is 350 g/mol. The molecule has 1 atom stereocenters. The summed E-state index contributed by atoms with van der Waals surface area (Å²) >= 11 is 5.87. The molecule has 1 rings (SSSR count). The van der Waals surface area contributed by atoms with Crippen LogP contribution in [-0.2, 0) is 19.6 Å². The van der Waals surface area contributed by atoms with Crippen molar-refractivity contribution >= 4 is 39.4 Å². The summed E-state index contributed by atoms with van der Waals surface area (Å²) in [7, 11) is -3.32. The zero-order valence-corrected chi connectivity index (χ0v) is 13.9. The number of methoxy groups -OCH3 is 1. The van der Waals surface area contributed by atoms with Crippen molar-refractivity contribution in [3.05, 3.63) is 22.7 Å². The maximum absolute atomic E-state index is 11.8. The van der Waals surface area contributed by atoms with E-state index in [9.17, 15) is 18.0 Å². The van der Waals surface area contributed by atoms with Gasteiger partial charge in [0, 0.05) is 17.3 Å². The number of hydrogen-bond donors (Lipinski definition) is 4. The van der Waals surface area contributed by atoms with E-state index in [1.807, 2.05) is 0 Å². The standard InChI is InChI=1S/C12H16ClN3O6S/c1-6-8(13)3-7(23(19,20)21)4-10(6)16-12(18)15-5-9(14)11(17)22-2/h3-4,9H,5,14H2,1-2H3,(H2,15,16,18)(H,19,20,21). The van der Waals surface area contributed by atoms with Crippen LogP contribution >= 0.6 is 11.6 Å². The van der Waals surface area contributed by atoms with Gasteiger partial charge in [0.1, 0.15) is 6.04 Å². The number of carbonyl (C=O) groups is 2. The first-order chi connectivity index (χ1) is 10.6. The number of nitrogens with one attached hydrogen (secondary N) is 2. The van der Waals surface area contributed by atoms with Gasteiger partial charge in [-0.2, -0.15) is 8.42 Å². The Bertz CT molecular complexity index is 722. The third kappa shape index (κ3) is 5.36. The average Bonchev–Trinajstić information content (AvgIpc) is 2.47. The molecule has 0 spiro atoms. The second-order valence-corrected chi connectivity index (χ2v) is 6.35. The van der Waals surface area contributed by atoms with Crippen LogP contribution in [-0.4, -0.2) is 44.7 Å². The SMILES string of the molecule is COC(=O)C(N)CNC(=O)Nc1cc(S(=O)(=O)O)cc(Cl)c1C. The maximum atomic E-state index is 11.8. The van der Waals surface area contributed by atoms with Gasteiger partial charge in [-0.1, -0.05) is 11.6 Å². The Hall–Kier alpha value is -1.88. The fraction of sp³-hybridized carbons (Fsp3) is 0.333. The molecule has 128 valence electrons. The minimum atomic E-state index is -4.48. The highest BCUT2D eigenvalue weighted by Crippen LogP contribution is 2.27. The third-order valence-electron chi connectivity index (χ3n) is 2.85. The van der Waals surface area contributed by atoms with E-state index in [1.54, 1.807) is 6.92 Å². The molecule has 0 aliphatic rings. The first-order valence-corrected chi connectivity index (χ1v) is 8.04. The summed E-state index contributed by atoms with van der Waals surface area (Å²) in [6.45, 7) is 1.36. The predicted molar refractivity (Wildman–Crippen MR) is 83.0 cm³/mol. The molecule has 0 heterocycles. The second kappa shape index (κ2) is 7.59. The monoisotopic (exact) mass is 365 g/mol. The number of hydrogen-bond acceptors (Lipinski definition) is 6. The Balaban J connectivity index is 2.86. The second-order valence-electron chi connectivity index (χ2n) is 4.52. The summed E-state index contributed by atoms with van der Waals surface area (Å²) < 4.78 is 35.8. The summed E-state index contributed by atoms with van der Waals surface area (Å²) in [6, 6.07) is 0.328. The van der Waals surface area contributed by atoms with Crippen molar-refractivity contribution in [2.24, 2.45) is 5.73 Å². The zero-order valence-electron chi connectivity index (χ0n) is 12.3. The predicted octanol–water partition coefficient (Wildman–Crippen LogP) is 0.517. The van der Waals surface area contributed by atoms with E-state index in [0.717, 1.165) is 19.2 Å². The Kier molecular flexibility index (Phi) is 6.33. The lowest BCUT2D eigenvalue weighted by Gasteiger charge is -2.14. The summed E-state index contributed by atoms with van der Waals surface area (Å²) in [4.78, 5) is 22.4. The minimum Gasteiger partial charge on any atom is -0.468 e. The Labute approximate surface area is 137 Å². The van der Waals surface area contributed by atoms with Crippen LogP contribution in [0.3, 0.4) is 0 Å². The molecule has 0 aliphatic heterocycles. The highest BCUT2D eigenvalue weighted by molar-refractivity contribution is 7.85. The van der Waals surface area contributed by atoms with Gasteiger partial charge in [0.25, 0.3) is 10.1 Å². The van der Waals surface area contributed by atoms with E-state index in [2.05, 4.69) is 15.4 Å². The molecule has 5 N–H and O–H groups in total. The van der Waals surface area contributed by atoms with Crippen molar-refractivity contribution < 1.29 is 27.3 Å². The maximum Gasteiger partial charge on any atom is 0.324 e. The molecule has 0 aromatic heterocycles. The van der Waals surface area contributed by atoms with Crippen LogP contribution in [0.4, 0.5) is 10.5 Å². The van der Waals surface area contributed by atoms with E-state index in [4.69, 9.17) is 21.9 Å². The number of carbonyl (C=O) groups excluding carboxylic acids is 2. The molecule has 1 aromatic rings. The molecule has 0 saturated carbocycles. The summed E-state index contributed by atoms with van der Waals surface area (Å²) in [5.74, 6) is -0.696. The van der Waals surface area contributed by atoms with Crippen LogP contribution in [0, 0.1) is 6.92 Å². The zero-order chi connectivity index (χ0) is 17.8. The van der Waals surface area contributed by atoms with Crippen molar-refractivity contribution in [2.75, 3.05) is 19.0 Å². The molecule has 0 bridgehead atoms. The van der Waals surface area contributed by atoms with Gasteiger partial charge < -0.3 is 21.1 Å². The van der Waals surface area contributed by atoms with Crippen molar-refractivity contribution in [1.82, 2.24) is 5.32 Å². The summed E-state index contributed by atoms with van der Waals surface area (Å²) in [6.07, 6.45) is 0. The van der Waals surface area contributed by atoms with E-state index < -0.39 is 33.1 Å². The largest absolute Gasteiger partial charge is 0.468 e. The van der Waals surface area contributed by atoms with Crippen LogP contribution in [0.2, 0.25) is 5.02 Å².